The van der Waals surface area contributed by atoms with Crippen LogP contribution in [0.4, 0.5) is 23.1 Å². The quantitative estimate of drug-likeness (QED) is 0.307. The molecule has 0 bridgehead atoms. The van der Waals surface area contributed by atoms with Crippen LogP contribution in [-0.4, -0.2) is 64.4 Å². The molecule has 3 N–H and O–H groups in total. The van der Waals surface area contributed by atoms with Crippen molar-refractivity contribution in [3.63, 3.8) is 0 Å². The van der Waals surface area contributed by atoms with Crippen molar-refractivity contribution in [3.8, 4) is 11.5 Å². The Bertz CT molecular complexity index is 1260. The minimum atomic E-state index is 0.195. The van der Waals surface area contributed by atoms with Crippen LogP contribution >= 0.6 is 0 Å². The number of aromatic hydroxyl groups is 1. The number of anilines is 4. The molecule has 2 aromatic heterocycles. The van der Waals surface area contributed by atoms with E-state index in [0.29, 0.717) is 18.4 Å². The molecule has 35 heavy (non-hydrogen) atoms. The van der Waals surface area contributed by atoms with Crippen molar-refractivity contribution in [1.29, 1.82) is 0 Å². The minimum Gasteiger partial charge on any atom is -0.508 e. The first-order valence-electron chi connectivity index (χ1n) is 11.7. The van der Waals surface area contributed by atoms with Crippen molar-refractivity contribution in [2.45, 2.75) is 6.42 Å². The standard InChI is InChI=1S/C26H28N6O3/c33-22-5-2-19-16-21(18-28-24(19)17-22)29-25-8-9-27-26(31-25)30-20-3-6-23(7-4-20)35-13-1-10-32-11-14-34-15-12-32/h2-9,16-18,33H,1,10-15H2,(H2,27,29,30,31). The van der Waals surface area contributed by atoms with Gasteiger partial charge in [-0.25, -0.2) is 4.98 Å². The number of rotatable bonds is 9. The Kier molecular flexibility index (Phi) is 7.16. The molecule has 0 atom stereocenters. The summed E-state index contributed by atoms with van der Waals surface area (Å²) in [6, 6.07) is 16.6. The van der Waals surface area contributed by atoms with Gasteiger partial charge < -0.3 is 25.2 Å². The summed E-state index contributed by atoms with van der Waals surface area (Å²) in [5.41, 5.74) is 2.39. The molecule has 5 rings (SSSR count). The van der Waals surface area contributed by atoms with E-state index >= 15 is 0 Å². The number of aromatic nitrogens is 3. The summed E-state index contributed by atoms with van der Waals surface area (Å²) in [6.07, 6.45) is 4.38. The highest BCUT2D eigenvalue weighted by atomic mass is 16.5. The number of phenols is 1. The molecule has 1 saturated heterocycles. The zero-order chi connectivity index (χ0) is 23.9. The van der Waals surface area contributed by atoms with Crippen molar-refractivity contribution in [1.82, 2.24) is 19.9 Å². The molecule has 0 radical (unpaired) electrons. The van der Waals surface area contributed by atoms with E-state index in [2.05, 4.69) is 30.5 Å². The molecule has 9 heteroatoms. The molecule has 1 aliphatic heterocycles. The van der Waals surface area contributed by atoms with Crippen LogP contribution in [-0.2, 0) is 4.74 Å². The number of morpholine rings is 1. The second kappa shape index (κ2) is 11.0. The summed E-state index contributed by atoms with van der Waals surface area (Å²) >= 11 is 0. The molecule has 180 valence electrons. The van der Waals surface area contributed by atoms with Crippen molar-refractivity contribution in [2.75, 3.05) is 50.1 Å². The van der Waals surface area contributed by atoms with Crippen LogP contribution in [0.3, 0.4) is 0 Å². The monoisotopic (exact) mass is 472 g/mol. The fourth-order valence-electron chi connectivity index (χ4n) is 3.88. The molecule has 0 amide bonds. The predicted octanol–water partition coefficient (Wildman–Crippen LogP) is 4.32. The molecule has 4 aromatic rings. The highest BCUT2D eigenvalue weighted by Gasteiger charge is 2.09. The van der Waals surface area contributed by atoms with Gasteiger partial charge in [0.2, 0.25) is 5.95 Å². The molecule has 3 heterocycles. The fourth-order valence-corrected chi connectivity index (χ4v) is 3.88. The number of fused-ring (bicyclic) bond motifs is 1. The Morgan fingerprint density at radius 2 is 1.80 bits per heavy atom. The Labute approximate surface area is 203 Å². The van der Waals surface area contributed by atoms with E-state index in [1.807, 2.05) is 36.4 Å². The summed E-state index contributed by atoms with van der Waals surface area (Å²) in [5.74, 6) is 2.15. The summed E-state index contributed by atoms with van der Waals surface area (Å²) in [5, 5.41) is 17.0. The minimum absolute atomic E-state index is 0.195. The smallest absolute Gasteiger partial charge is 0.229 e. The average molecular weight is 473 g/mol. The van der Waals surface area contributed by atoms with E-state index in [-0.39, 0.29) is 5.75 Å². The second-order valence-electron chi connectivity index (χ2n) is 8.30. The third kappa shape index (κ3) is 6.34. The number of phenolic OH excluding ortho intramolecular Hbond substituents is 1. The molecule has 2 aromatic carbocycles. The Morgan fingerprint density at radius 3 is 2.66 bits per heavy atom. The fraction of sp³-hybridized carbons (Fsp3) is 0.269. The second-order valence-corrected chi connectivity index (χ2v) is 8.30. The summed E-state index contributed by atoms with van der Waals surface area (Å²) in [7, 11) is 0. The van der Waals surface area contributed by atoms with E-state index < -0.39 is 0 Å². The zero-order valence-electron chi connectivity index (χ0n) is 19.4. The lowest BCUT2D eigenvalue weighted by molar-refractivity contribution is 0.0358. The van der Waals surface area contributed by atoms with Gasteiger partial charge in [0, 0.05) is 43.0 Å². The molecule has 0 unspecified atom stereocenters. The van der Waals surface area contributed by atoms with Gasteiger partial charge in [-0.05, 0) is 55.0 Å². The maximum Gasteiger partial charge on any atom is 0.229 e. The van der Waals surface area contributed by atoms with Crippen molar-refractivity contribution in [3.05, 3.63) is 67.0 Å². The first-order valence-corrected chi connectivity index (χ1v) is 11.7. The number of nitrogens with zero attached hydrogens (tertiary/aromatic N) is 4. The molecule has 1 fully saturated rings. The first kappa shape index (κ1) is 22.8. The lowest BCUT2D eigenvalue weighted by Crippen LogP contribution is -2.37. The van der Waals surface area contributed by atoms with Crippen LogP contribution in [0.1, 0.15) is 6.42 Å². The zero-order valence-corrected chi connectivity index (χ0v) is 19.4. The molecule has 1 aliphatic rings. The Hall–Kier alpha value is -3.95. The van der Waals surface area contributed by atoms with E-state index in [4.69, 9.17) is 9.47 Å². The highest BCUT2D eigenvalue weighted by molar-refractivity contribution is 5.83. The van der Waals surface area contributed by atoms with Crippen LogP contribution in [0.5, 0.6) is 11.5 Å². The molecule has 0 saturated carbocycles. The van der Waals surface area contributed by atoms with E-state index in [9.17, 15) is 5.11 Å². The van der Waals surface area contributed by atoms with Crippen molar-refractivity contribution in [2.24, 2.45) is 0 Å². The number of hydrogen-bond donors (Lipinski definition) is 3. The molecule has 0 aliphatic carbocycles. The normalized spacial score (nSPS) is 14.1. The number of pyridine rings is 1. The van der Waals surface area contributed by atoms with Crippen LogP contribution in [0.15, 0.2) is 67.0 Å². The van der Waals surface area contributed by atoms with Gasteiger partial charge in [0.25, 0.3) is 0 Å². The van der Waals surface area contributed by atoms with Crippen LogP contribution in [0, 0.1) is 0 Å². The largest absolute Gasteiger partial charge is 0.508 e. The van der Waals surface area contributed by atoms with Gasteiger partial charge in [-0.2, -0.15) is 4.98 Å². The summed E-state index contributed by atoms with van der Waals surface area (Å²) in [6.45, 7) is 5.37. The number of nitrogens with one attached hydrogen (secondary N) is 2. The third-order valence-corrected chi connectivity index (χ3v) is 5.70. The molecular formula is C26H28N6O3. The lowest BCUT2D eigenvalue weighted by Gasteiger charge is -2.26. The molecule has 9 nitrogen and oxygen atoms in total. The van der Waals surface area contributed by atoms with Gasteiger partial charge in [0.05, 0.1) is 37.2 Å². The molecular weight excluding hydrogens is 444 g/mol. The highest BCUT2D eigenvalue weighted by Crippen LogP contribution is 2.23. The van der Waals surface area contributed by atoms with Crippen molar-refractivity contribution < 1.29 is 14.6 Å². The maximum atomic E-state index is 9.60. The third-order valence-electron chi connectivity index (χ3n) is 5.70. The summed E-state index contributed by atoms with van der Waals surface area (Å²) in [4.78, 5) is 15.6. The van der Waals surface area contributed by atoms with Crippen LogP contribution in [0.25, 0.3) is 10.9 Å². The van der Waals surface area contributed by atoms with Gasteiger partial charge in [0.1, 0.15) is 17.3 Å². The predicted molar refractivity (Wildman–Crippen MR) is 136 cm³/mol. The van der Waals surface area contributed by atoms with E-state index in [1.54, 1.807) is 30.6 Å². The van der Waals surface area contributed by atoms with Gasteiger partial charge in [-0.15, -0.1) is 0 Å². The van der Waals surface area contributed by atoms with Gasteiger partial charge in [-0.3, -0.25) is 9.88 Å². The maximum absolute atomic E-state index is 9.60. The topological polar surface area (TPSA) is 105 Å². The van der Waals surface area contributed by atoms with E-state index in [1.165, 1.54) is 0 Å². The lowest BCUT2D eigenvalue weighted by atomic mass is 10.2. The Balaban J connectivity index is 1.14. The average Bonchev–Trinajstić information content (AvgIpc) is 2.88. The number of benzene rings is 2. The van der Waals surface area contributed by atoms with Gasteiger partial charge >= 0.3 is 0 Å². The van der Waals surface area contributed by atoms with Gasteiger partial charge in [0.15, 0.2) is 0 Å². The van der Waals surface area contributed by atoms with Crippen LogP contribution < -0.4 is 15.4 Å². The summed E-state index contributed by atoms with van der Waals surface area (Å²) < 4.78 is 11.3. The van der Waals surface area contributed by atoms with E-state index in [0.717, 1.165) is 67.3 Å². The van der Waals surface area contributed by atoms with Gasteiger partial charge in [-0.1, -0.05) is 0 Å². The number of ether oxygens (including phenoxy) is 2. The van der Waals surface area contributed by atoms with Crippen molar-refractivity contribution >= 4 is 34.0 Å². The number of hydrogen-bond acceptors (Lipinski definition) is 9. The Morgan fingerprint density at radius 1 is 0.943 bits per heavy atom. The SMILES string of the molecule is Oc1ccc2cc(Nc3ccnc(Nc4ccc(OCCCN5CCOCC5)cc4)n3)cnc2c1. The molecule has 0 spiro atoms. The first-order chi connectivity index (χ1) is 17.2. The van der Waals surface area contributed by atoms with Crippen LogP contribution in [0.2, 0.25) is 0 Å².